The number of hydrogen-bond acceptors (Lipinski definition) is 4. The van der Waals surface area contributed by atoms with Gasteiger partial charge in [-0.2, -0.15) is 3.94 Å². The van der Waals surface area contributed by atoms with Gasteiger partial charge in [0.15, 0.2) is 17.0 Å². The number of hydrogen-bond donors (Lipinski definition) is 0. The highest BCUT2D eigenvalue weighted by Gasteiger charge is 2.13. The van der Waals surface area contributed by atoms with Gasteiger partial charge >= 0.3 is 0 Å². The summed E-state index contributed by atoms with van der Waals surface area (Å²) in [6.45, 7) is 0.679. The first kappa shape index (κ1) is 12.2. The Morgan fingerprint density at radius 3 is 2.58 bits per heavy atom. The van der Waals surface area contributed by atoms with Gasteiger partial charge < -0.3 is 4.57 Å². The number of fused-ring (bicyclic) bond motifs is 1. The third-order valence-electron chi connectivity index (χ3n) is 2.74. The molecule has 2 aromatic heterocycles. The van der Waals surface area contributed by atoms with E-state index in [0.29, 0.717) is 23.5 Å². The van der Waals surface area contributed by atoms with Crippen LogP contribution in [0.2, 0.25) is 0 Å². The van der Waals surface area contributed by atoms with Crippen molar-refractivity contribution < 1.29 is 0 Å². The zero-order chi connectivity index (χ0) is 13.2. The molecule has 0 saturated heterocycles. The maximum absolute atomic E-state index is 5.71. The van der Waals surface area contributed by atoms with Crippen LogP contribution in [0.5, 0.6) is 0 Å². The number of anilines is 1. The molecule has 0 aliphatic rings. The largest absolute Gasteiger partial charge is 0.311 e. The molecule has 0 atom stereocenters. The summed E-state index contributed by atoms with van der Waals surface area (Å²) in [5.74, 6) is 0.375. The molecular weight excluding hydrogens is 285 g/mol. The second-order valence-electron chi connectivity index (χ2n) is 3.96. The first-order valence-corrected chi connectivity index (χ1v) is 6.25. The van der Waals surface area contributed by atoms with Crippen LogP contribution in [-0.4, -0.2) is 19.5 Å². The molecular formula is C12H9Cl2N5. The maximum Gasteiger partial charge on any atom is 0.190 e. The molecule has 3 rings (SSSR count). The highest BCUT2D eigenvalue weighted by atomic mass is 35.5. The second kappa shape index (κ2) is 5.03. The highest BCUT2D eigenvalue weighted by Crippen LogP contribution is 2.24. The maximum atomic E-state index is 5.71. The molecule has 0 bridgehead atoms. The van der Waals surface area contributed by atoms with E-state index in [1.54, 1.807) is 6.33 Å². The Morgan fingerprint density at radius 2 is 1.84 bits per heavy atom. The number of aromatic nitrogens is 4. The number of imidazole rings is 1. The molecule has 5 nitrogen and oxygen atoms in total. The molecule has 0 aliphatic carbocycles. The predicted octanol–water partition coefficient (Wildman–Crippen LogP) is 2.99. The Kier molecular flexibility index (Phi) is 3.23. The van der Waals surface area contributed by atoms with Gasteiger partial charge in [0.2, 0.25) is 0 Å². The average Bonchev–Trinajstić information content (AvgIpc) is 2.83. The van der Waals surface area contributed by atoms with Crippen LogP contribution in [0.15, 0.2) is 43.0 Å². The fourth-order valence-electron chi connectivity index (χ4n) is 1.89. The van der Waals surface area contributed by atoms with Crippen molar-refractivity contribution in [1.82, 2.24) is 19.5 Å². The number of benzene rings is 1. The zero-order valence-electron chi connectivity index (χ0n) is 9.74. The van der Waals surface area contributed by atoms with E-state index in [0.717, 1.165) is 9.50 Å². The Labute approximate surface area is 119 Å². The van der Waals surface area contributed by atoms with Gasteiger partial charge in [0.05, 0.1) is 12.9 Å². The average molecular weight is 294 g/mol. The zero-order valence-corrected chi connectivity index (χ0v) is 11.3. The van der Waals surface area contributed by atoms with E-state index in [9.17, 15) is 0 Å². The van der Waals surface area contributed by atoms with Gasteiger partial charge in [-0.3, -0.25) is 0 Å². The standard InChI is InChI=1S/C12H9Cl2N5/c13-19(14)12-10-11(15-7-16-12)18(8-17-10)6-9-4-2-1-3-5-9/h1-5,7-8H,6H2. The second-order valence-corrected chi connectivity index (χ2v) is 4.81. The molecule has 2 heterocycles. The Bertz CT molecular complexity index is 696. The van der Waals surface area contributed by atoms with Crippen molar-refractivity contribution in [3.8, 4) is 0 Å². The van der Waals surface area contributed by atoms with Crippen LogP contribution in [0.1, 0.15) is 5.56 Å². The Hall–Kier alpha value is -1.85. The quantitative estimate of drug-likeness (QED) is 0.697. The van der Waals surface area contributed by atoms with Gasteiger partial charge in [-0.15, -0.1) is 0 Å². The lowest BCUT2D eigenvalue weighted by Crippen LogP contribution is -2.01. The van der Waals surface area contributed by atoms with Crippen molar-refractivity contribution in [2.24, 2.45) is 0 Å². The normalized spacial score (nSPS) is 10.8. The van der Waals surface area contributed by atoms with E-state index in [4.69, 9.17) is 23.6 Å². The minimum absolute atomic E-state index is 0.375. The van der Waals surface area contributed by atoms with Crippen LogP contribution in [-0.2, 0) is 6.54 Å². The minimum Gasteiger partial charge on any atom is -0.311 e. The summed E-state index contributed by atoms with van der Waals surface area (Å²) in [6, 6.07) is 10.1. The van der Waals surface area contributed by atoms with Crippen molar-refractivity contribution in [2.75, 3.05) is 3.94 Å². The van der Waals surface area contributed by atoms with Crippen molar-refractivity contribution in [3.63, 3.8) is 0 Å². The summed E-state index contributed by atoms with van der Waals surface area (Å²) in [5, 5.41) is 0. The number of nitrogens with zero attached hydrogens (tertiary/aromatic N) is 5. The van der Waals surface area contributed by atoms with E-state index in [1.807, 2.05) is 34.9 Å². The van der Waals surface area contributed by atoms with Crippen molar-refractivity contribution >= 4 is 40.5 Å². The Morgan fingerprint density at radius 1 is 1.05 bits per heavy atom. The van der Waals surface area contributed by atoms with Crippen molar-refractivity contribution in [1.29, 1.82) is 0 Å². The molecule has 0 aliphatic heterocycles. The number of rotatable bonds is 3. The van der Waals surface area contributed by atoms with E-state index >= 15 is 0 Å². The van der Waals surface area contributed by atoms with Crippen molar-refractivity contribution in [3.05, 3.63) is 48.5 Å². The lowest BCUT2D eigenvalue weighted by Gasteiger charge is -2.06. The van der Waals surface area contributed by atoms with Gasteiger partial charge in [0.25, 0.3) is 0 Å². The molecule has 0 unspecified atom stereocenters. The van der Waals surface area contributed by atoms with Crippen LogP contribution in [0.25, 0.3) is 11.2 Å². The van der Waals surface area contributed by atoms with Crippen LogP contribution in [0, 0.1) is 0 Å². The molecule has 0 amide bonds. The molecule has 0 N–H and O–H groups in total. The molecule has 0 radical (unpaired) electrons. The summed E-state index contributed by atoms with van der Waals surface area (Å²) in [7, 11) is 0. The van der Waals surface area contributed by atoms with Gasteiger partial charge in [0, 0.05) is 23.6 Å². The SMILES string of the molecule is ClN(Cl)c1ncnc2c1ncn2Cc1ccccc1. The molecule has 0 fully saturated rings. The van der Waals surface area contributed by atoms with E-state index < -0.39 is 0 Å². The Balaban J connectivity index is 2.04. The summed E-state index contributed by atoms with van der Waals surface area (Å²) in [4.78, 5) is 12.5. The minimum atomic E-state index is 0.375. The molecule has 19 heavy (non-hydrogen) atoms. The number of halogens is 2. The highest BCUT2D eigenvalue weighted by molar-refractivity contribution is 6.49. The summed E-state index contributed by atoms with van der Waals surface area (Å²) < 4.78 is 2.82. The summed E-state index contributed by atoms with van der Waals surface area (Å²) in [5.41, 5.74) is 2.43. The lowest BCUT2D eigenvalue weighted by atomic mass is 10.2. The molecule has 0 saturated carbocycles. The van der Waals surface area contributed by atoms with Crippen LogP contribution in [0.4, 0.5) is 5.82 Å². The summed E-state index contributed by atoms with van der Waals surface area (Å²) >= 11 is 11.4. The van der Waals surface area contributed by atoms with Crippen molar-refractivity contribution in [2.45, 2.75) is 6.54 Å². The topological polar surface area (TPSA) is 46.8 Å². The third-order valence-corrected chi connectivity index (χ3v) is 3.06. The summed E-state index contributed by atoms with van der Waals surface area (Å²) in [6.07, 6.45) is 3.12. The monoisotopic (exact) mass is 293 g/mol. The molecule has 96 valence electrons. The van der Waals surface area contributed by atoms with Gasteiger partial charge in [0.1, 0.15) is 6.33 Å². The van der Waals surface area contributed by atoms with Gasteiger partial charge in [-0.1, -0.05) is 30.3 Å². The molecule has 1 aromatic carbocycles. The van der Waals surface area contributed by atoms with Gasteiger partial charge in [-0.05, 0) is 5.56 Å². The third kappa shape index (κ3) is 2.34. The fourth-order valence-corrected chi connectivity index (χ4v) is 2.14. The van der Waals surface area contributed by atoms with Crippen LogP contribution >= 0.6 is 23.6 Å². The first-order valence-electron chi connectivity index (χ1n) is 5.57. The molecule has 0 spiro atoms. The van der Waals surface area contributed by atoms with E-state index in [-0.39, 0.29) is 0 Å². The fraction of sp³-hybridized carbons (Fsp3) is 0.0833. The van der Waals surface area contributed by atoms with E-state index in [1.165, 1.54) is 6.33 Å². The lowest BCUT2D eigenvalue weighted by molar-refractivity contribution is 0.813. The van der Waals surface area contributed by atoms with E-state index in [2.05, 4.69) is 15.0 Å². The first-order chi connectivity index (χ1) is 9.25. The predicted molar refractivity (Wildman–Crippen MR) is 75.1 cm³/mol. The van der Waals surface area contributed by atoms with Crippen LogP contribution < -0.4 is 3.94 Å². The smallest absolute Gasteiger partial charge is 0.190 e. The van der Waals surface area contributed by atoms with Crippen LogP contribution in [0.3, 0.4) is 0 Å². The molecule has 3 aromatic rings. The van der Waals surface area contributed by atoms with Gasteiger partial charge in [-0.25, -0.2) is 15.0 Å². The molecule has 7 heteroatoms.